The minimum atomic E-state index is -2.75. The van der Waals surface area contributed by atoms with E-state index in [1.54, 1.807) is 0 Å². The molecule has 0 aliphatic rings. The van der Waals surface area contributed by atoms with Crippen molar-refractivity contribution >= 4 is 21.4 Å². The van der Waals surface area contributed by atoms with Gasteiger partial charge in [-0.1, -0.05) is 6.42 Å². The second-order valence-electron chi connectivity index (χ2n) is 2.38. The molecule has 0 radical (unpaired) electrons. The van der Waals surface area contributed by atoms with E-state index >= 15 is 0 Å². The fraction of sp³-hybridized carbons (Fsp3) is 1.00. The fourth-order valence-corrected chi connectivity index (χ4v) is 1.55. The highest BCUT2D eigenvalue weighted by atomic mass is 35.5. The SMILES string of the molecule is CS(=O)(=O)CCCCCCl. The Morgan fingerprint density at radius 3 is 2.20 bits per heavy atom. The summed E-state index contributed by atoms with van der Waals surface area (Å²) in [6.45, 7) is 0. The molecule has 0 aromatic rings. The summed E-state index contributed by atoms with van der Waals surface area (Å²) in [7, 11) is -2.75. The molecule has 4 heteroatoms. The lowest BCUT2D eigenvalue weighted by Gasteiger charge is -1.95. The summed E-state index contributed by atoms with van der Waals surface area (Å²) in [5.74, 6) is 0.924. The van der Waals surface area contributed by atoms with Gasteiger partial charge in [0, 0.05) is 17.9 Å². The van der Waals surface area contributed by atoms with Crippen LogP contribution in [0.5, 0.6) is 0 Å². The van der Waals surface area contributed by atoms with Crippen LogP contribution in [-0.4, -0.2) is 26.3 Å². The van der Waals surface area contributed by atoms with Gasteiger partial charge in [-0.15, -0.1) is 11.6 Å². The Bertz CT molecular complexity index is 163. The average Bonchev–Trinajstić information content (AvgIpc) is 1.78. The van der Waals surface area contributed by atoms with Gasteiger partial charge in [0.05, 0.1) is 0 Å². The summed E-state index contributed by atoms with van der Waals surface area (Å²) in [6, 6.07) is 0. The molecule has 62 valence electrons. The van der Waals surface area contributed by atoms with Crippen molar-refractivity contribution in [3.05, 3.63) is 0 Å². The first-order valence-electron chi connectivity index (χ1n) is 3.30. The third-order valence-electron chi connectivity index (χ3n) is 1.15. The van der Waals surface area contributed by atoms with Crippen LogP contribution in [0.25, 0.3) is 0 Å². The predicted molar refractivity (Wildman–Crippen MR) is 44.3 cm³/mol. The first kappa shape index (κ1) is 10.2. The quantitative estimate of drug-likeness (QED) is 0.479. The molecule has 0 saturated carbocycles. The Kier molecular flexibility index (Phi) is 5.09. The molecular weight excluding hydrogens is 172 g/mol. The topological polar surface area (TPSA) is 34.1 Å². The van der Waals surface area contributed by atoms with E-state index in [0.29, 0.717) is 11.6 Å². The van der Waals surface area contributed by atoms with Gasteiger partial charge < -0.3 is 0 Å². The van der Waals surface area contributed by atoms with Gasteiger partial charge in [-0.3, -0.25) is 0 Å². The van der Waals surface area contributed by atoms with Crippen molar-refractivity contribution in [3.63, 3.8) is 0 Å². The maximum absolute atomic E-state index is 10.6. The molecule has 0 unspecified atom stereocenters. The normalized spacial score (nSPS) is 11.8. The number of hydrogen-bond donors (Lipinski definition) is 0. The molecule has 2 nitrogen and oxygen atoms in total. The lowest BCUT2D eigenvalue weighted by atomic mass is 10.3. The summed E-state index contributed by atoms with van der Waals surface area (Å²) in [4.78, 5) is 0. The van der Waals surface area contributed by atoms with Gasteiger partial charge >= 0.3 is 0 Å². The number of sulfone groups is 1. The summed E-state index contributed by atoms with van der Waals surface area (Å²) >= 11 is 5.40. The van der Waals surface area contributed by atoms with Gasteiger partial charge in [0.2, 0.25) is 0 Å². The second-order valence-corrected chi connectivity index (χ2v) is 5.02. The zero-order chi connectivity index (χ0) is 8.04. The monoisotopic (exact) mass is 184 g/mol. The largest absolute Gasteiger partial charge is 0.229 e. The van der Waals surface area contributed by atoms with Crippen molar-refractivity contribution < 1.29 is 8.42 Å². The number of rotatable bonds is 5. The zero-order valence-electron chi connectivity index (χ0n) is 6.14. The molecule has 0 aromatic carbocycles. The summed E-state index contributed by atoms with van der Waals surface area (Å²) in [5.41, 5.74) is 0. The third kappa shape index (κ3) is 8.24. The summed E-state index contributed by atoms with van der Waals surface area (Å²) in [6.07, 6.45) is 3.83. The van der Waals surface area contributed by atoms with Crippen molar-refractivity contribution in [1.29, 1.82) is 0 Å². The Balaban J connectivity index is 3.21. The maximum atomic E-state index is 10.6. The maximum Gasteiger partial charge on any atom is 0.147 e. The molecule has 0 bridgehead atoms. The van der Waals surface area contributed by atoms with Crippen LogP contribution < -0.4 is 0 Å². The molecule has 0 spiro atoms. The van der Waals surface area contributed by atoms with E-state index < -0.39 is 9.84 Å². The van der Waals surface area contributed by atoms with E-state index in [1.807, 2.05) is 0 Å². The van der Waals surface area contributed by atoms with Gasteiger partial charge in [0.25, 0.3) is 0 Å². The molecule has 0 amide bonds. The van der Waals surface area contributed by atoms with Crippen molar-refractivity contribution in [2.24, 2.45) is 0 Å². The molecule has 0 aromatic heterocycles. The Hall–Kier alpha value is 0.240. The van der Waals surface area contributed by atoms with Crippen molar-refractivity contribution in [1.82, 2.24) is 0 Å². The van der Waals surface area contributed by atoms with Crippen molar-refractivity contribution in [3.8, 4) is 0 Å². The van der Waals surface area contributed by atoms with Crippen LogP contribution in [-0.2, 0) is 9.84 Å². The van der Waals surface area contributed by atoms with E-state index in [4.69, 9.17) is 11.6 Å². The molecule has 0 fully saturated rings. The molecule has 0 N–H and O–H groups in total. The number of hydrogen-bond acceptors (Lipinski definition) is 2. The van der Waals surface area contributed by atoms with Crippen LogP contribution in [0, 0.1) is 0 Å². The van der Waals surface area contributed by atoms with Gasteiger partial charge in [0.15, 0.2) is 0 Å². The molecule has 0 atom stereocenters. The zero-order valence-corrected chi connectivity index (χ0v) is 7.71. The van der Waals surface area contributed by atoms with Crippen LogP contribution in [0.15, 0.2) is 0 Å². The lowest BCUT2D eigenvalue weighted by molar-refractivity contribution is 0.597. The average molecular weight is 185 g/mol. The van der Waals surface area contributed by atoms with Gasteiger partial charge in [0.1, 0.15) is 9.84 Å². The van der Waals surface area contributed by atoms with Crippen molar-refractivity contribution in [2.45, 2.75) is 19.3 Å². The van der Waals surface area contributed by atoms with Crippen LogP contribution in [0.1, 0.15) is 19.3 Å². The van der Waals surface area contributed by atoms with Gasteiger partial charge in [-0.25, -0.2) is 8.42 Å². The molecular formula is C6H13ClO2S. The minimum absolute atomic E-state index is 0.296. The lowest BCUT2D eigenvalue weighted by Crippen LogP contribution is -2.02. The van der Waals surface area contributed by atoms with Crippen LogP contribution in [0.4, 0.5) is 0 Å². The molecule has 0 aliphatic heterocycles. The standard InChI is InChI=1S/C6H13ClO2S/c1-10(8,9)6-4-2-3-5-7/h2-6H2,1H3. The molecule has 0 aliphatic carbocycles. The fourth-order valence-electron chi connectivity index (χ4n) is 0.636. The summed E-state index contributed by atoms with van der Waals surface area (Å²) < 4.78 is 21.1. The van der Waals surface area contributed by atoms with E-state index in [-0.39, 0.29) is 0 Å². The van der Waals surface area contributed by atoms with Crippen molar-refractivity contribution in [2.75, 3.05) is 17.9 Å². The van der Waals surface area contributed by atoms with E-state index in [2.05, 4.69) is 0 Å². The van der Waals surface area contributed by atoms with E-state index in [9.17, 15) is 8.42 Å². The first-order valence-corrected chi connectivity index (χ1v) is 5.89. The van der Waals surface area contributed by atoms with Gasteiger partial charge in [-0.05, 0) is 12.8 Å². The minimum Gasteiger partial charge on any atom is -0.229 e. The van der Waals surface area contributed by atoms with Crippen LogP contribution in [0.3, 0.4) is 0 Å². The van der Waals surface area contributed by atoms with E-state index in [0.717, 1.165) is 19.3 Å². The van der Waals surface area contributed by atoms with E-state index in [1.165, 1.54) is 6.26 Å². The molecule has 0 heterocycles. The Morgan fingerprint density at radius 2 is 1.80 bits per heavy atom. The number of unbranched alkanes of at least 4 members (excludes halogenated alkanes) is 2. The summed E-state index contributed by atoms with van der Waals surface area (Å²) in [5, 5.41) is 0. The molecule has 0 saturated heterocycles. The Labute approximate surface area is 67.5 Å². The molecule has 0 rings (SSSR count). The highest BCUT2D eigenvalue weighted by Gasteiger charge is 1.99. The van der Waals surface area contributed by atoms with Gasteiger partial charge in [-0.2, -0.15) is 0 Å². The highest BCUT2D eigenvalue weighted by molar-refractivity contribution is 7.90. The number of alkyl halides is 1. The highest BCUT2D eigenvalue weighted by Crippen LogP contribution is 1.99. The predicted octanol–water partition coefficient (Wildman–Crippen LogP) is 1.44. The second kappa shape index (κ2) is 4.97. The Morgan fingerprint density at radius 1 is 1.20 bits per heavy atom. The smallest absolute Gasteiger partial charge is 0.147 e. The number of halogens is 1. The first-order chi connectivity index (χ1) is 4.56. The molecule has 10 heavy (non-hydrogen) atoms. The third-order valence-corrected chi connectivity index (χ3v) is 2.45. The van der Waals surface area contributed by atoms with Crippen LogP contribution in [0.2, 0.25) is 0 Å². The van der Waals surface area contributed by atoms with Crippen LogP contribution >= 0.6 is 11.6 Å².